The van der Waals surface area contributed by atoms with Gasteiger partial charge in [-0.15, -0.1) is 12.4 Å². The molecule has 18 heavy (non-hydrogen) atoms. The highest BCUT2D eigenvalue weighted by Gasteiger charge is 2.13. The smallest absolute Gasteiger partial charge is 0.174 e. The van der Waals surface area contributed by atoms with Gasteiger partial charge in [0.25, 0.3) is 0 Å². The van der Waals surface area contributed by atoms with Crippen LogP contribution in [-0.4, -0.2) is 19.8 Å². The predicted octanol–water partition coefficient (Wildman–Crippen LogP) is 3.78. The average molecular weight is 339 g/mol. The minimum Gasteiger partial charge on any atom is -0.493 e. The number of hydrogen-bond acceptors (Lipinski definition) is 3. The van der Waals surface area contributed by atoms with Gasteiger partial charge in [0.1, 0.15) is 0 Å². The first-order chi connectivity index (χ1) is 7.87. The highest BCUT2D eigenvalue weighted by Crippen LogP contribution is 2.36. The number of halogens is 2. The lowest BCUT2D eigenvalue weighted by molar-refractivity contribution is 0.352. The fraction of sp³-hybridized carbons (Fsp3) is 0.538. The molecule has 0 aliphatic rings. The molecule has 0 fully saturated rings. The van der Waals surface area contributed by atoms with E-state index >= 15 is 0 Å². The van der Waals surface area contributed by atoms with Gasteiger partial charge >= 0.3 is 0 Å². The molecule has 0 radical (unpaired) electrons. The molecule has 0 spiro atoms. The third-order valence-corrected chi connectivity index (χ3v) is 2.91. The Bertz CT molecular complexity index is 391. The van der Waals surface area contributed by atoms with Crippen LogP contribution in [0.1, 0.15) is 26.3 Å². The molecular weight excluding hydrogens is 318 g/mol. The van der Waals surface area contributed by atoms with Crippen LogP contribution in [0, 0.1) is 0 Å². The van der Waals surface area contributed by atoms with Gasteiger partial charge in [-0.1, -0.05) is 0 Å². The van der Waals surface area contributed by atoms with Crippen molar-refractivity contribution in [1.29, 1.82) is 0 Å². The molecular formula is C13H21BrClNO2. The molecule has 0 aliphatic carbocycles. The highest BCUT2D eigenvalue weighted by atomic mass is 79.9. The molecule has 5 heteroatoms. The van der Waals surface area contributed by atoms with Gasteiger partial charge in [-0.25, -0.2) is 0 Å². The Morgan fingerprint density at radius 1 is 1.17 bits per heavy atom. The van der Waals surface area contributed by atoms with Crippen LogP contribution in [-0.2, 0) is 6.54 Å². The van der Waals surface area contributed by atoms with Crippen molar-refractivity contribution < 1.29 is 9.47 Å². The lowest BCUT2D eigenvalue weighted by Crippen LogP contribution is -2.35. The molecule has 1 rings (SSSR count). The van der Waals surface area contributed by atoms with E-state index in [0.717, 1.165) is 28.1 Å². The van der Waals surface area contributed by atoms with E-state index in [0.29, 0.717) is 0 Å². The molecule has 104 valence electrons. The van der Waals surface area contributed by atoms with Gasteiger partial charge in [-0.05, 0) is 54.4 Å². The Morgan fingerprint density at radius 3 is 2.22 bits per heavy atom. The molecule has 0 heterocycles. The summed E-state index contributed by atoms with van der Waals surface area (Å²) in [6.07, 6.45) is 0. The monoisotopic (exact) mass is 337 g/mol. The quantitative estimate of drug-likeness (QED) is 0.906. The van der Waals surface area contributed by atoms with Crippen molar-refractivity contribution in [3.05, 3.63) is 22.2 Å². The molecule has 0 saturated heterocycles. The van der Waals surface area contributed by atoms with Crippen LogP contribution in [0.15, 0.2) is 16.6 Å². The first-order valence-corrected chi connectivity index (χ1v) is 6.32. The molecule has 0 aliphatic heterocycles. The molecule has 0 amide bonds. The standard InChI is InChI=1S/C13H20BrNO2.ClH/c1-13(2,3)15-8-9-6-10(14)12(17-5)11(7-9)16-4;/h6-7,15H,8H2,1-5H3;1H. The highest BCUT2D eigenvalue weighted by molar-refractivity contribution is 9.10. The SMILES string of the molecule is COc1cc(CNC(C)(C)C)cc(Br)c1OC.Cl. The van der Waals surface area contributed by atoms with Crippen molar-refractivity contribution >= 4 is 28.3 Å². The molecule has 0 unspecified atom stereocenters. The van der Waals surface area contributed by atoms with Crippen molar-refractivity contribution in [3.8, 4) is 11.5 Å². The van der Waals surface area contributed by atoms with Crippen LogP contribution in [0.3, 0.4) is 0 Å². The predicted molar refractivity (Wildman–Crippen MR) is 81.1 cm³/mol. The lowest BCUT2D eigenvalue weighted by atomic mass is 10.1. The number of nitrogens with one attached hydrogen (secondary N) is 1. The van der Waals surface area contributed by atoms with Gasteiger partial charge in [0.2, 0.25) is 0 Å². The van der Waals surface area contributed by atoms with Crippen molar-refractivity contribution in [2.24, 2.45) is 0 Å². The van der Waals surface area contributed by atoms with Gasteiger partial charge in [-0.2, -0.15) is 0 Å². The van der Waals surface area contributed by atoms with E-state index in [2.05, 4.69) is 42.0 Å². The molecule has 0 aromatic heterocycles. The zero-order chi connectivity index (χ0) is 13.1. The van der Waals surface area contributed by atoms with Crippen LogP contribution in [0.2, 0.25) is 0 Å². The van der Waals surface area contributed by atoms with E-state index in [1.165, 1.54) is 0 Å². The third kappa shape index (κ3) is 5.04. The number of hydrogen-bond donors (Lipinski definition) is 1. The van der Waals surface area contributed by atoms with E-state index < -0.39 is 0 Å². The molecule has 0 bridgehead atoms. The minimum atomic E-state index is 0. The zero-order valence-electron chi connectivity index (χ0n) is 11.5. The topological polar surface area (TPSA) is 30.5 Å². The van der Waals surface area contributed by atoms with Crippen LogP contribution in [0.5, 0.6) is 11.5 Å². The van der Waals surface area contributed by atoms with E-state index in [1.54, 1.807) is 14.2 Å². The van der Waals surface area contributed by atoms with E-state index in [4.69, 9.17) is 9.47 Å². The summed E-state index contributed by atoms with van der Waals surface area (Å²) in [5, 5.41) is 3.44. The van der Waals surface area contributed by atoms with Crippen LogP contribution in [0.25, 0.3) is 0 Å². The van der Waals surface area contributed by atoms with Gasteiger partial charge in [0.05, 0.1) is 18.7 Å². The average Bonchev–Trinajstić information content (AvgIpc) is 2.24. The second kappa shape index (κ2) is 7.22. The Hall–Kier alpha value is -0.450. The summed E-state index contributed by atoms with van der Waals surface area (Å²) < 4.78 is 11.5. The Kier molecular flexibility index (Phi) is 7.04. The molecule has 3 nitrogen and oxygen atoms in total. The van der Waals surface area contributed by atoms with E-state index in [1.807, 2.05) is 12.1 Å². The summed E-state index contributed by atoms with van der Waals surface area (Å²) in [5.41, 5.74) is 1.25. The summed E-state index contributed by atoms with van der Waals surface area (Å²) in [4.78, 5) is 0. The fourth-order valence-electron chi connectivity index (χ4n) is 1.44. The van der Waals surface area contributed by atoms with Gasteiger partial charge in [0.15, 0.2) is 11.5 Å². The zero-order valence-corrected chi connectivity index (χ0v) is 13.9. The fourth-order valence-corrected chi connectivity index (χ4v) is 2.09. The maximum absolute atomic E-state index is 5.31. The number of benzene rings is 1. The van der Waals surface area contributed by atoms with Crippen molar-refractivity contribution in [1.82, 2.24) is 5.32 Å². The van der Waals surface area contributed by atoms with Crippen LogP contribution >= 0.6 is 28.3 Å². The van der Waals surface area contributed by atoms with Crippen molar-refractivity contribution in [3.63, 3.8) is 0 Å². The van der Waals surface area contributed by atoms with E-state index in [9.17, 15) is 0 Å². The molecule has 0 atom stereocenters. The third-order valence-electron chi connectivity index (χ3n) is 2.32. The maximum Gasteiger partial charge on any atom is 0.174 e. The first-order valence-electron chi connectivity index (χ1n) is 5.53. The van der Waals surface area contributed by atoms with Gasteiger partial charge < -0.3 is 14.8 Å². The summed E-state index contributed by atoms with van der Waals surface area (Å²) in [5.74, 6) is 1.47. The molecule has 1 aromatic rings. The number of ether oxygens (including phenoxy) is 2. The van der Waals surface area contributed by atoms with Crippen LogP contribution < -0.4 is 14.8 Å². The molecule has 1 aromatic carbocycles. The first kappa shape index (κ1) is 17.6. The normalized spacial score (nSPS) is 10.8. The number of methoxy groups -OCH3 is 2. The van der Waals surface area contributed by atoms with Crippen molar-refractivity contribution in [2.45, 2.75) is 32.9 Å². The molecule has 0 saturated carbocycles. The largest absolute Gasteiger partial charge is 0.493 e. The summed E-state index contributed by atoms with van der Waals surface area (Å²) in [6.45, 7) is 7.22. The van der Waals surface area contributed by atoms with Crippen LogP contribution in [0.4, 0.5) is 0 Å². The van der Waals surface area contributed by atoms with Gasteiger partial charge in [-0.3, -0.25) is 0 Å². The number of rotatable bonds is 4. The van der Waals surface area contributed by atoms with E-state index in [-0.39, 0.29) is 17.9 Å². The second-order valence-electron chi connectivity index (χ2n) is 4.92. The Labute approximate surface area is 124 Å². The lowest BCUT2D eigenvalue weighted by Gasteiger charge is -2.21. The Balaban J connectivity index is 0.00000289. The maximum atomic E-state index is 5.31. The summed E-state index contributed by atoms with van der Waals surface area (Å²) in [6, 6.07) is 4.03. The second-order valence-corrected chi connectivity index (χ2v) is 5.77. The van der Waals surface area contributed by atoms with Crippen molar-refractivity contribution in [2.75, 3.05) is 14.2 Å². The Morgan fingerprint density at radius 2 is 1.78 bits per heavy atom. The summed E-state index contributed by atoms with van der Waals surface area (Å²) >= 11 is 3.49. The van der Waals surface area contributed by atoms with Gasteiger partial charge in [0, 0.05) is 12.1 Å². The summed E-state index contributed by atoms with van der Waals surface area (Å²) in [7, 11) is 3.28. The molecule has 1 N–H and O–H groups in total. The minimum absolute atomic E-state index is 0.